The van der Waals surface area contributed by atoms with Gasteiger partial charge in [0.15, 0.2) is 6.10 Å². The number of carbonyl (C=O) groups is 1. The Hall–Kier alpha value is -1.44. The number of phosphoric ester groups is 1. The highest BCUT2D eigenvalue weighted by Crippen LogP contribution is 2.43. The van der Waals surface area contributed by atoms with E-state index in [4.69, 9.17) is 18.5 Å². The highest BCUT2D eigenvalue weighted by Gasteiger charge is 2.26. The molecular formula is C46H89NO7P+. The molecule has 1 unspecified atom stereocenters. The molecule has 0 bridgehead atoms. The average molecular weight is 799 g/mol. The zero-order valence-corrected chi connectivity index (χ0v) is 37.6. The van der Waals surface area contributed by atoms with Gasteiger partial charge in [0.2, 0.25) is 0 Å². The molecule has 0 rings (SSSR count). The lowest BCUT2D eigenvalue weighted by atomic mass is 10.0. The molecule has 0 aromatic heterocycles. The van der Waals surface area contributed by atoms with Gasteiger partial charge in [-0.1, -0.05) is 167 Å². The van der Waals surface area contributed by atoms with E-state index in [0.717, 1.165) is 38.5 Å². The lowest BCUT2D eigenvalue weighted by Gasteiger charge is -2.24. The van der Waals surface area contributed by atoms with Gasteiger partial charge in [0.1, 0.15) is 19.8 Å². The van der Waals surface area contributed by atoms with Crippen LogP contribution in [0.1, 0.15) is 200 Å². The number of allylic oxidation sites excluding steroid dienone is 5. The van der Waals surface area contributed by atoms with Crippen molar-refractivity contribution in [3.63, 3.8) is 0 Å². The molecule has 0 amide bonds. The van der Waals surface area contributed by atoms with Crippen molar-refractivity contribution in [1.82, 2.24) is 0 Å². The maximum Gasteiger partial charge on any atom is 0.472 e. The Morgan fingerprint density at radius 2 is 1.02 bits per heavy atom. The molecule has 0 saturated carbocycles. The quantitative estimate of drug-likeness (QED) is 0.0164. The fourth-order valence-corrected chi connectivity index (χ4v) is 6.94. The number of ether oxygens (including phenoxy) is 2. The Kier molecular flexibility index (Phi) is 38.4. The molecule has 8 nitrogen and oxygen atoms in total. The SMILES string of the molecule is CCCCC/C=C/C/C=C/CCCCCCCCCCCC(=O)O[C@H](CO/C=C/CCCCCCCCCCCCCC)COP(=O)(O)OCC[N+](C)(C)C. The van der Waals surface area contributed by atoms with Crippen LogP contribution in [-0.4, -0.2) is 69.0 Å². The van der Waals surface area contributed by atoms with Crippen molar-refractivity contribution < 1.29 is 37.3 Å². The van der Waals surface area contributed by atoms with Crippen molar-refractivity contribution in [3.8, 4) is 0 Å². The number of nitrogens with zero attached hydrogens (tertiary/aromatic N) is 1. The van der Waals surface area contributed by atoms with Crippen LogP contribution < -0.4 is 0 Å². The van der Waals surface area contributed by atoms with Crippen LogP contribution in [0.5, 0.6) is 0 Å². The van der Waals surface area contributed by atoms with E-state index in [-0.39, 0.29) is 25.8 Å². The molecule has 0 heterocycles. The van der Waals surface area contributed by atoms with Gasteiger partial charge in [-0.05, 0) is 57.4 Å². The maximum absolute atomic E-state index is 12.7. The molecule has 55 heavy (non-hydrogen) atoms. The van der Waals surface area contributed by atoms with E-state index in [0.29, 0.717) is 17.4 Å². The second-order valence-corrected chi connectivity index (χ2v) is 18.0. The highest BCUT2D eigenvalue weighted by molar-refractivity contribution is 7.47. The Morgan fingerprint density at radius 3 is 1.53 bits per heavy atom. The van der Waals surface area contributed by atoms with Gasteiger partial charge >= 0.3 is 13.8 Å². The molecule has 0 saturated heterocycles. The fourth-order valence-electron chi connectivity index (χ4n) is 6.20. The minimum Gasteiger partial charge on any atom is -0.498 e. The van der Waals surface area contributed by atoms with Crippen LogP contribution >= 0.6 is 7.82 Å². The van der Waals surface area contributed by atoms with Crippen LogP contribution in [0.25, 0.3) is 0 Å². The molecule has 0 spiro atoms. The first-order chi connectivity index (χ1) is 26.6. The van der Waals surface area contributed by atoms with Crippen LogP contribution in [0.2, 0.25) is 0 Å². The third-order valence-electron chi connectivity index (χ3n) is 9.77. The monoisotopic (exact) mass is 799 g/mol. The van der Waals surface area contributed by atoms with Crippen molar-refractivity contribution in [2.45, 2.75) is 206 Å². The van der Waals surface area contributed by atoms with Gasteiger partial charge in [0, 0.05) is 6.42 Å². The zero-order chi connectivity index (χ0) is 40.6. The summed E-state index contributed by atoms with van der Waals surface area (Å²) in [5.74, 6) is -0.339. The van der Waals surface area contributed by atoms with E-state index >= 15 is 0 Å². The predicted octanol–water partition coefficient (Wildman–Crippen LogP) is 13.7. The van der Waals surface area contributed by atoms with E-state index in [2.05, 4.69) is 38.2 Å². The largest absolute Gasteiger partial charge is 0.498 e. The van der Waals surface area contributed by atoms with E-state index in [1.54, 1.807) is 6.26 Å². The fraction of sp³-hybridized carbons (Fsp3) is 0.848. The molecule has 0 aromatic carbocycles. The lowest BCUT2D eigenvalue weighted by molar-refractivity contribution is -0.870. The first-order valence-corrected chi connectivity index (χ1v) is 24.3. The first kappa shape index (κ1) is 53.6. The second-order valence-electron chi connectivity index (χ2n) is 16.5. The zero-order valence-electron chi connectivity index (χ0n) is 36.7. The summed E-state index contributed by atoms with van der Waals surface area (Å²) < 4.78 is 34.8. The van der Waals surface area contributed by atoms with Crippen LogP contribution in [0, 0.1) is 0 Å². The third-order valence-corrected chi connectivity index (χ3v) is 10.8. The van der Waals surface area contributed by atoms with Gasteiger partial charge in [-0.15, -0.1) is 0 Å². The molecule has 0 aromatic rings. The maximum atomic E-state index is 12.7. The van der Waals surface area contributed by atoms with Crippen molar-refractivity contribution in [2.24, 2.45) is 0 Å². The molecule has 0 fully saturated rings. The van der Waals surface area contributed by atoms with Gasteiger partial charge in [-0.3, -0.25) is 13.8 Å². The summed E-state index contributed by atoms with van der Waals surface area (Å²) in [7, 11) is 1.63. The van der Waals surface area contributed by atoms with E-state index in [1.807, 2.05) is 27.2 Å². The van der Waals surface area contributed by atoms with Gasteiger partial charge < -0.3 is 18.9 Å². The van der Waals surface area contributed by atoms with Gasteiger partial charge in [-0.2, -0.15) is 0 Å². The molecule has 1 N–H and O–H groups in total. The third kappa shape index (κ3) is 43.5. The number of unbranched alkanes of at least 4 members (excludes halogenated alkanes) is 24. The van der Waals surface area contributed by atoms with Crippen LogP contribution in [0.4, 0.5) is 0 Å². The van der Waals surface area contributed by atoms with Crippen LogP contribution in [0.15, 0.2) is 36.6 Å². The van der Waals surface area contributed by atoms with Crippen LogP contribution in [0.3, 0.4) is 0 Å². The van der Waals surface area contributed by atoms with Gasteiger partial charge in [0.25, 0.3) is 0 Å². The van der Waals surface area contributed by atoms with E-state index in [1.165, 1.54) is 141 Å². The smallest absolute Gasteiger partial charge is 0.472 e. The summed E-state index contributed by atoms with van der Waals surface area (Å²) in [4.78, 5) is 22.9. The number of hydrogen-bond donors (Lipinski definition) is 1. The number of rotatable bonds is 42. The molecule has 0 aliphatic rings. The molecule has 0 aliphatic heterocycles. The van der Waals surface area contributed by atoms with E-state index < -0.39 is 13.9 Å². The first-order valence-electron chi connectivity index (χ1n) is 22.8. The number of quaternary nitrogens is 1. The summed E-state index contributed by atoms with van der Waals surface area (Å²) in [6.07, 6.45) is 47.0. The topological polar surface area (TPSA) is 91.3 Å². The molecule has 324 valence electrons. The summed E-state index contributed by atoms with van der Waals surface area (Å²) >= 11 is 0. The number of esters is 1. The number of phosphoric acid groups is 1. The summed E-state index contributed by atoms with van der Waals surface area (Å²) in [6, 6.07) is 0. The van der Waals surface area contributed by atoms with Crippen molar-refractivity contribution in [3.05, 3.63) is 36.6 Å². The highest BCUT2D eigenvalue weighted by atomic mass is 31.2. The standard InChI is InChI=1S/C46H88NO7P/c1-6-8-10-12-14-16-18-20-22-23-24-25-26-27-29-31-33-35-37-39-46(48)54-45(44-53-55(49,50)52-42-40-47(3,4)5)43-51-41-38-36-34-32-30-28-21-19-17-15-13-11-9-7-2/h14,16,20,22,38,41,45H,6-13,15,17-19,21,23-37,39-40,42-44H2,1-5H3/p+1/b16-14+,22-20+,41-38+/t45-/m1/s1. The minimum absolute atomic E-state index is 0.0480. The Morgan fingerprint density at radius 1 is 0.582 bits per heavy atom. The Bertz CT molecular complexity index is 978. The van der Waals surface area contributed by atoms with Gasteiger partial charge in [0.05, 0.1) is 34.0 Å². The summed E-state index contributed by atoms with van der Waals surface area (Å²) in [6.45, 7) is 4.91. The van der Waals surface area contributed by atoms with Crippen molar-refractivity contribution in [1.29, 1.82) is 0 Å². The molecule has 0 aliphatic carbocycles. The predicted molar refractivity (Wildman–Crippen MR) is 233 cm³/mol. The molecule has 9 heteroatoms. The average Bonchev–Trinajstić information content (AvgIpc) is 3.13. The van der Waals surface area contributed by atoms with Crippen molar-refractivity contribution in [2.75, 3.05) is 47.5 Å². The van der Waals surface area contributed by atoms with Crippen molar-refractivity contribution >= 4 is 13.8 Å². The number of hydrogen-bond acceptors (Lipinski definition) is 6. The normalized spacial score (nSPS) is 14.0. The minimum atomic E-state index is -4.29. The molecular weight excluding hydrogens is 709 g/mol. The Labute approximate surface area is 340 Å². The Balaban J connectivity index is 4.25. The molecule has 0 radical (unpaired) electrons. The second kappa shape index (κ2) is 39.4. The summed E-state index contributed by atoms with van der Waals surface area (Å²) in [5, 5.41) is 0. The summed E-state index contributed by atoms with van der Waals surface area (Å²) in [5.41, 5.74) is 0. The van der Waals surface area contributed by atoms with E-state index in [9.17, 15) is 14.3 Å². The molecule has 2 atom stereocenters. The lowest BCUT2D eigenvalue weighted by Crippen LogP contribution is -2.37. The van der Waals surface area contributed by atoms with Gasteiger partial charge in [-0.25, -0.2) is 4.57 Å². The number of carbonyl (C=O) groups excluding carboxylic acids is 1. The van der Waals surface area contributed by atoms with Crippen LogP contribution in [-0.2, 0) is 27.9 Å². The number of likely N-dealkylation sites (N-methyl/N-ethyl adjacent to an activating group) is 1.